The Bertz CT molecular complexity index is 812. The summed E-state index contributed by atoms with van der Waals surface area (Å²) in [5.74, 6) is -0.566. The van der Waals surface area contributed by atoms with Crippen LogP contribution in [0.2, 0.25) is 5.02 Å². The summed E-state index contributed by atoms with van der Waals surface area (Å²) < 4.78 is 26.7. The minimum Gasteiger partial charge on any atom is -0.366 e. The average Bonchev–Trinajstić information content (AvgIpc) is 2.67. The fourth-order valence-corrected chi connectivity index (χ4v) is 2.87. The summed E-state index contributed by atoms with van der Waals surface area (Å²) in [6, 6.07) is 6.31. The molecule has 2 aromatic rings. The summed E-state index contributed by atoms with van der Waals surface area (Å²) in [6.45, 7) is 0. The van der Waals surface area contributed by atoms with E-state index in [2.05, 4.69) is 4.72 Å². The van der Waals surface area contributed by atoms with Gasteiger partial charge in [-0.25, -0.2) is 8.42 Å². The van der Waals surface area contributed by atoms with Crippen LogP contribution in [0.25, 0.3) is 11.3 Å². The lowest BCUT2D eigenvalue weighted by Gasteiger charge is -2.10. The van der Waals surface area contributed by atoms with Crippen LogP contribution < -0.4 is 10.5 Å². The van der Waals surface area contributed by atoms with Crippen LogP contribution in [0.3, 0.4) is 0 Å². The summed E-state index contributed by atoms with van der Waals surface area (Å²) in [7, 11) is -1.67. The van der Waals surface area contributed by atoms with Crippen molar-refractivity contribution in [2.75, 3.05) is 11.0 Å². The monoisotopic (exact) mass is 327 g/mol. The van der Waals surface area contributed by atoms with Crippen molar-refractivity contribution in [2.24, 2.45) is 12.8 Å². The number of primary amides is 1. The van der Waals surface area contributed by atoms with Gasteiger partial charge in [0.15, 0.2) is 0 Å². The molecule has 0 saturated carbocycles. The Morgan fingerprint density at radius 1 is 1.33 bits per heavy atom. The first kappa shape index (κ1) is 15.4. The number of benzene rings is 1. The summed E-state index contributed by atoms with van der Waals surface area (Å²) in [4.78, 5) is 11.5. The van der Waals surface area contributed by atoms with E-state index in [-0.39, 0.29) is 0 Å². The fraction of sp³-hybridized carbons (Fsp3) is 0.154. The molecular weight excluding hydrogens is 314 g/mol. The van der Waals surface area contributed by atoms with Gasteiger partial charge in [0.2, 0.25) is 10.0 Å². The Morgan fingerprint density at radius 2 is 2.00 bits per heavy atom. The maximum atomic E-state index is 11.5. The quantitative estimate of drug-likeness (QED) is 0.896. The van der Waals surface area contributed by atoms with Crippen molar-refractivity contribution in [1.29, 1.82) is 0 Å². The molecule has 21 heavy (non-hydrogen) atoms. The zero-order valence-electron chi connectivity index (χ0n) is 11.4. The zero-order valence-corrected chi connectivity index (χ0v) is 13.0. The van der Waals surface area contributed by atoms with Crippen LogP contribution in [0.1, 0.15) is 10.4 Å². The highest BCUT2D eigenvalue weighted by atomic mass is 35.5. The molecule has 0 fully saturated rings. The minimum atomic E-state index is -3.42. The van der Waals surface area contributed by atoms with Crippen LogP contribution in [0, 0.1) is 0 Å². The number of carbonyl (C=O) groups excluding carboxylic acids is 1. The lowest BCUT2D eigenvalue weighted by molar-refractivity contribution is 0.100. The number of hydrogen-bond acceptors (Lipinski definition) is 3. The maximum absolute atomic E-state index is 11.5. The largest absolute Gasteiger partial charge is 0.366 e. The van der Waals surface area contributed by atoms with E-state index in [9.17, 15) is 13.2 Å². The van der Waals surface area contributed by atoms with Crippen molar-refractivity contribution in [3.05, 3.63) is 41.0 Å². The van der Waals surface area contributed by atoms with Gasteiger partial charge in [0, 0.05) is 23.8 Å². The summed E-state index contributed by atoms with van der Waals surface area (Å²) in [5, 5.41) is 0.343. The van der Waals surface area contributed by atoms with Gasteiger partial charge in [-0.2, -0.15) is 0 Å². The lowest BCUT2D eigenvalue weighted by atomic mass is 10.1. The molecule has 2 rings (SSSR count). The van der Waals surface area contributed by atoms with Crippen molar-refractivity contribution in [1.82, 2.24) is 4.57 Å². The molecule has 112 valence electrons. The minimum absolute atomic E-state index is 0.316. The van der Waals surface area contributed by atoms with Crippen LogP contribution in [0.5, 0.6) is 0 Å². The van der Waals surface area contributed by atoms with Crippen LogP contribution in [0.15, 0.2) is 30.5 Å². The second-order valence-corrected chi connectivity index (χ2v) is 6.84. The van der Waals surface area contributed by atoms with Crippen molar-refractivity contribution in [2.45, 2.75) is 0 Å². The van der Waals surface area contributed by atoms with E-state index in [0.717, 1.165) is 6.26 Å². The molecule has 0 unspecified atom stereocenters. The summed E-state index contributed by atoms with van der Waals surface area (Å²) >= 11 is 6.02. The summed E-state index contributed by atoms with van der Waals surface area (Å²) in [5.41, 5.74) is 7.16. The number of nitrogens with one attached hydrogen (secondary N) is 1. The Morgan fingerprint density at radius 3 is 2.57 bits per heavy atom. The molecular formula is C13H14ClN3O3S. The van der Waals surface area contributed by atoms with Crippen molar-refractivity contribution >= 4 is 33.2 Å². The molecule has 0 aliphatic rings. The third kappa shape index (κ3) is 3.56. The number of nitrogens with two attached hydrogens (primary N) is 1. The number of anilines is 1. The van der Waals surface area contributed by atoms with Gasteiger partial charge >= 0.3 is 0 Å². The summed E-state index contributed by atoms with van der Waals surface area (Å²) in [6.07, 6.45) is 2.74. The highest BCUT2D eigenvalue weighted by molar-refractivity contribution is 7.92. The fourth-order valence-electron chi connectivity index (χ4n) is 2.09. The number of rotatable bonds is 4. The SMILES string of the molecule is Cn1ccc(C(N)=O)c1-c1cc(Cl)cc(NS(C)(=O)=O)c1. The predicted molar refractivity (Wildman–Crippen MR) is 82.8 cm³/mol. The highest BCUT2D eigenvalue weighted by Crippen LogP contribution is 2.30. The number of nitrogens with zero attached hydrogens (tertiary/aromatic N) is 1. The Kier molecular flexibility index (Phi) is 3.97. The van der Waals surface area contributed by atoms with E-state index in [1.807, 2.05) is 0 Å². The second-order valence-electron chi connectivity index (χ2n) is 4.66. The molecule has 1 aromatic heterocycles. The molecule has 0 spiro atoms. The standard InChI is InChI=1S/C13H14ClN3O3S/c1-17-4-3-11(13(15)18)12(17)8-5-9(14)7-10(6-8)16-21(2,19)20/h3-7,16H,1-2H3,(H2,15,18). The number of sulfonamides is 1. The molecule has 1 aromatic carbocycles. The van der Waals surface area contributed by atoms with Gasteiger partial charge in [0.25, 0.3) is 5.91 Å². The molecule has 6 nitrogen and oxygen atoms in total. The van der Waals surface area contributed by atoms with Gasteiger partial charge in [0.05, 0.1) is 23.2 Å². The molecule has 3 N–H and O–H groups in total. The molecule has 0 saturated heterocycles. The third-order valence-electron chi connectivity index (χ3n) is 2.81. The first-order chi connectivity index (χ1) is 9.67. The maximum Gasteiger partial charge on any atom is 0.250 e. The van der Waals surface area contributed by atoms with Gasteiger partial charge in [0.1, 0.15) is 0 Å². The van der Waals surface area contributed by atoms with Gasteiger partial charge in [-0.15, -0.1) is 0 Å². The average molecular weight is 328 g/mol. The molecule has 0 radical (unpaired) electrons. The van der Waals surface area contributed by atoms with E-state index in [0.29, 0.717) is 27.5 Å². The Balaban J connectivity index is 2.60. The van der Waals surface area contributed by atoms with Gasteiger partial charge < -0.3 is 10.3 Å². The van der Waals surface area contributed by atoms with Crippen molar-refractivity contribution in [3.63, 3.8) is 0 Å². The first-order valence-electron chi connectivity index (χ1n) is 5.91. The molecule has 8 heteroatoms. The van der Waals surface area contributed by atoms with Gasteiger partial charge in [-0.1, -0.05) is 11.6 Å². The number of amides is 1. The zero-order chi connectivity index (χ0) is 15.8. The van der Waals surface area contributed by atoms with Gasteiger partial charge in [-0.3, -0.25) is 9.52 Å². The number of carbonyl (C=O) groups is 1. The van der Waals surface area contributed by atoms with E-state index < -0.39 is 15.9 Å². The first-order valence-corrected chi connectivity index (χ1v) is 8.18. The van der Waals surface area contributed by atoms with Crippen molar-refractivity contribution < 1.29 is 13.2 Å². The number of hydrogen-bond donors (Lipinski definition) is 2. The molecule has 0 aliphatic carbocycles. The molecule has 0 aliphatic heterocycles. The van der Waals surface area contributed by atoms with Crippen LogP contribution in [0.4, 0.5) is 5.69 Å². The molecule has 0 bridgehead atoms. The van der Waals surface area contributed by atoms with Crippen LogP contribution in [-0.4, -0.2) is 25.1 Å². The Labute approximate surface area is 127 Å². The van der Waals surface area contributed by atoms with E-state index >= 15 is 0 Å². The number of aromatic nitrogens is 1. The lowest BCUT2D eigenvalue weighted by Crippen LogP contribution is -2.12. The smallest absolute Gasteiger partial charge is 0.250 e. The van der Waals surface area contributed by atoms with Crippen LogP contribution in [-0.2, 0) is 17.1 Å². The Hall–Kier alpha value is -1.99. The number of aryl methyl sites for hydroxylation is 1. The molecule has 0 atom stereocenters. The van der Waals surface area contributed by atoms with E-state index in [1.165, 1.54) is 6.07 Å². The topological polar surface area (TPSA) is 94.2 Å². The number of halogens is 1. The van der Waals surface area contributed by atoms with Crippen molar-refractivity contribution in [3.8, 4) is 11.3 Å². The molecule has 1 amide bonds. The second kappa shape index (κ2) is 5.42. The predicted octanol–water partition coefficient (Wildman–Crippen LogP) is 1.82. The van der Waals surface area contributed by atoms with E-state index in [4.69, 9.17) is 17.3 Å². The van der Waals surface area contributed by atoms with E-state index in [1.54, 1.807) is 36.0 Å². The van der Waals surface area contributed by atoms with Crippen LogP contribution >= 0.6 is 11.6 Å². The third-order valence-corrected chi connectivity index (χ3v) is 3.64. The molecule has 1 heterocycles. The normalized spacial score (nSPS) is 11.4. The van der Waals surface area contributed by atoms with Gasteiger partial charge in [-0.05, 0) is 24.3 Å². The highest BCUT2D eigenvalue weighted by Gasteiger charge is 2.15.